The fourth-order valence-corrected chi connectivity index (χ4v) is 2.91. The lowest BCUT2D eigenvalue weighted by Crippen LogP contribution is -2.40. The topological polar surface area (TPSA) is 101 Å². The van der Waals surface area contributed by atoms with Crippen molar-refractivity contribution in [2.45, 2.75) is 38.8 Å². The third-order valence-electron chi connectivity index (χ3n) is 4.04. The fourth-order valence-electron chi connectivity index (χ4n) is 2.91. The van der Waals surface area contributed by atoms with Crippen LogP contribution < -0.4 is 10.6 Å². The van der Waals surface area contributed by atoms with Gasteiger partial charge in [-0.15, -0.1) is 0 Å². The maximum atomic E-state index is 12.5. The van der Waals surface area contributed by atoms with Crippen LogP contribution in [0.4, 0.5) is 4.79 Å². The van der Waals surface area contributed by atoms with Crippen LogP contribution in [0.15, 0.2) is 24.5 Å². The average molecular weight is 362 g/mol. The molecule has 2 atom stereocenters. The number of alkyl carbamates (subject to hydrolysis) is 1. The molecule has 26 heavy (non-hydrogen) atoms. The molecule has 0 bridgehead atoms. The molecule has 0 radical (unpaired) electrons. The Morgan fingerprint density at radius 3 is 2.62 bits per heavy atom. The molecule has 0 saturated carbocycles. The number of nitrogens with zero attached hydrogens (tertiary/aromatic N) is 2. The van der Waals surface area contributed by atoms with Crippen molar-refractivity contribution >= 4 is 17.9 Å². The first kappa shape index (κ1) is 19.7. The number of likely N-dealkylation sites (tertiary alicyclic amines) is 1. The van der Waals surface area contributed by atoms with E-state index in [4.69, 9.17) is 4.74 Å². The molecule has 2 rings (SSSR count). The molecule has 0 aromatic carbocycles. The van der Waals surface area contributed by atoms with Crippen molar-refractivity contribution in [3.05, 3.63) is 30.1 Å². The van der Waals surface area contributed by atoms with Gasteiger partial charge >= 0.3 is 6.09 Å². The van der Waals surface area contributed by atoms with Crippen molar-refractivity contribution in [1.82, 2.24) is 20.5 Å². The molecule has 1 fully saturated rings. The third kappa shape index (κ3) is 5.18. The lowest BCUT2D eigenvalue weighted by Gasteiger charge is -2.24. The van der Waals surface area contributed by atoms with E-state index in [1.165, 1.54) is 0 Å². The van der Waals surface area contributed by atoms with Crippen LogP contribution in [-0.4, -0.2) is 53.5 Å². The van der Waals surface area contributed by atoms with Crippen LogP contribution in [0.3, 0.4) is 0 Å². The minimum Gasteiger partial charge on any atom is -0.444 e. The summed E-state index contributed by atoms with van der Waals surface area (Å²) in [5.74, 6) is -0.786. The average Bonchev–Trinajstić information content (AvgIpc) is 2.86. The van der Waals surface area contributed by atoms with E-state index in [9.17, 15) is 14.4 Å². The van der Waals surface area contributed by atoms with E-state index in [-0.39, 0.29) is 37.4 Å². The quantitative estimate of drug-likeness (QED) is 0.768. The van der Waals surface area contributed by atoms with E-state index in [0.29, 0.717) is 0 Å². The molecule has 8 heteroatoms. The second kappa shape index (κ2) is 8.16. The van der Waals surface area contributed by atoms with Crippen LogP contribution in [0.5, 0.6) is 0 Å². The zero-order valence-electron chi connectivity index (χ0n) is 15.6. The van der Waals surface area contributed by atoms with Crippen molar-refractivity contribution < 1.29 is 19.1 Å². The largest absolute Gasteiger partial charge is 0.444 e. The van der Waals surface area contributed by atoms with Gasteiger partial charge in [-0.3, -0.25) is 14.6 Å². The summed E-state index contributed by atoms with van der Waals surface area (Å²) in [4.78, 5) is 41.9. The number of ether oxygens (including phenoxy) is 1. The number of rotatable bonds is 5. The first-order chi connectivity index (χ1) is 12.2. The highest BCUT2D eigenvalue weighted by molar-refractivity contribution is 5.90. The van der Waals surface area contributed by atoms with Crippen molar-refractivity contribution in [2.24, 2.45) is 5.92 Å². The normalized spacial score (nSPS) is 20.0. The number of hydrogen-bond donors (Lipinski definition) is 2. The third-order valence-corrected chi connectivity index (χ3v) is 4.04. The zero-order chi connectivity index (χ0) is 19.3. The van der Waals surface area contributed by atoms with Crippen LogP contribution in [0.25, 0.3) is 0 Å². The maximum Gasteiger partial charge on any atom is 0.407 e. The van der Waals surface area contributed by atoms with E-state index in [0.717, 1.165) is 5.56 Å². The molecule has 8 nitrogen and oxygen atoms in total. The minimum absolute atomic E-state index is 0.0779. The Bertz CT molecular complexity index is 657. The van der Waals surface area contributed by atoms with E-state index in [2.05, 4.69) is 15.6 Å². The Morgan fingerprint density at radius 2 is 2.00 bits per heavy atom. The standard InChI is InChI=1S/C18H26N4O4/c1-18(2,3)26-17(25)21-9-8-20-16(24)13-10-14(23)22(4)15(13)12-6-5-7-19-11-12/h5-7,11,13,15H,8-10H2,1-4H3,(H,20,24)(H,21,25)/t13-,15+/m0/s1. The van der Waals surface area contributed by atoms with Gasteiger partial charge in [0, 0.05) is 39.0 Å². The highest BCUT2D eigenvalue weighted by Gasteiger charge is 2.42. The van der Waals surface area contributed by atoms with Gasteiger partial charge in [0.1, 0.15) is 5.60 Å². The SMILES string of the molecule is CN1C(=O)C[C@H](C(=O)NCCNC(=O)OC(C)(C)C)[C@H]1c1cccnc1. The highest BCUT2D eigenvalue weighted by Crippen LogP contribution is 2.36. The van der Waals surface area contributed by atoms with Gasteiger partial charge < -0.3 is 20.3 Å². The van der Waals surface area contributed by atoms with Crippen LogP contribution in [0, 0.1) is 5.92 Å². The van der Waals surface area contributed by atoms with Gasteiger partial charge in [0.15, 0.2) is 0 Å². The van der Waals surface area contributed by atoms with Crippen LogP contribution >= 0.6 is 0 Å². The Morgan fingerprint density at radius 1 is 1.31 bits per heavy atom. The zero-order valence-corrected chi connectivity index (χ0v) is 15.6. The maximum absolute atomic E-state index is 12.5. The smallest absolute Gasteiger partial charge is 0.407 e. The van der Waals surface area contributed by atoms with Gasteiger partial charge in [0.2, 0.25) is 11.8 Å². The summed E-state index contributed by atoms with van der Waals surface area (Å²) >= 11 is 0. The van der Waals surface area contributed by atoms with E-state index < -0.39 is 17.6 Å². The Hall–Kier alpha value is -2.64. The van der Waals surface area contributed by atoms with Crippen molar-refractivity contribution in [3.63, 3.8) is 0 Å². The predicted octanol–water partition coefficient (Wildman–Crippen LogP) is 1.24. The molecule has 1 aliphatic heterocycles. The molecule has 1 saturated heterocycles. The van der Waals surface area contributed by atoms with Gasteiger partial charge in [-0.2, -0.15) is 0 Å². The minimum atomic E-state index is -0.570. The van der Waals surface area contributed by atoms with Crippen LogP contribution in [0.2, 0.25) is 0 Å². The Labute approximate surface area is 153 Å². The second-order valence-electron chi connectivity index (χ2n) is 7.27. The number of amides is 3. The van der Waals surface area contributed by atoms with Gasteiger partial charge in [0.25, 0.3) is 0 Å². The molecule has 142 valence electrons. The molecule has 1 aliphatic rings. The lowest BCUT2D eigenvalue weighted by molar-refractivity contribution is -0.128. The fraction of sp³-hybridized carbons (Fsp3) is 0.556. The van der Waals surface area contributed by atoms with Crippen molar-refractivity contribution in [2.75, 3.05) is 20.1 Å². The number of aromatic nitrogens is 1. The monoisotopic (exact) mass is 362 g/mol. The van der Waals surface area contributed by atoms with Gasteiger partial charge in [-0.05, 0) is 32.4 Å². The molecular formula is C18H26N4O4. The van der Waals surface area contributed by atoms with Gasteiger partial charge in [0.05, 0.1) is 12.0 Å². The first-order valence-electron chi connectivity index (χ1n) is 8.59. The summed E-state index contributed by atoms with van der Waals surface area (Å²) in [7, 11) is 1.69. The van der Waals surface area contributed by atoms with Gasteiger partial charge in [-0.25, -0.2) is 4.79 Å². The molecule has 0 aliphatic carbocycles. The Balaban J connectivity index is 1.88. The number of pyridine rings is 1. The van der Waals surface area contributed by atoms with E-state index in [1.807, 2.05) is 6.07 Å². The summed E-state index contributed by atoms with van der Waals surface area (Å²) < 4.78 is 5.13. The highest BCUT2D eigenvalue weighted by atomic mass is 16.6. The first-order valence-corrected chi connectivity index (χ1v) is 8.59. The predicted molar refractivity (Wildman–Crippen MR) is 95.1 cm³/mol. The number of carbonyl (C=O) groups excluding carboxylic acids is 3. The molecule has 0 spiro atoms. The molecule has 1 aromatic rings. The molecule has 3 amide bonds. The van der Waals surface area contributed by atoms with Gasteiger partial charge in [-0.1, -0.05) is 6.07 Å². The molecule has 2 heterocycles. The number of hydrogen-bond acceptors (Lipinski definition) is 5. The molecule has 1 aromatic heterocycles. The number of nitrogens with one attached hydrogen (secondary N) is 2. The summed E-state index contributed by atoms with van der Waals surface area (Å²) in [6.45, 7) is 5.84. The summed E-state index contributed by atoms with van der Waals surface area (Å²) in [6, 6.07) is 3.30. The van der Waals surface area contributed by atoms with Crippen molar-refractivity contribution in [1.29, 1.82) is 0 Å². The van der Waals surface area contributed by atoms with Crippen LogP contribution in [0.1, 0.15) is 38.8 Å². The van der Waals surface area contributed by atoms with Crippen LogP contribution in [-0.2, 0) is 14.3 Å². The lowest BCUT2D eigenvalue weighted by atomic mass is 9.94. The Kier molecular flexibility index (Phi) is 6.18. The van der Waals surface area contributed by atoms with E-state index in [1.54, 1.807) is 51.2 Å². The summed E-state index contributed by atoms with van der Waals surface area (Å²) in [5, 5.41) is 5.36. The second-order valence-corrected chi connectivity index (χ2v) is 7.27. The molecule has 2 N–H and O–H groups in total. The van der Waals surface area contributed by atoms with E-state index >= 15 is 0 Å². The summed E-state index contributed by atoms with van der Waals surface area (Å²) in [5.41, 5.74) is 0.256. The molecular weight excluding hydrogens is 336 g/mol. The summed E-state index contributed by atoms with van der Waals surface area (Å²) in [6.07, 6.45) is 2.94. The number of carbonyl (C=O) groups is 3. The molecule has 0 unspecified atom stereocenters. The van der Waals surface area contributed by atoms with Crippen molar-refractivity contribution in [3.8, 4) is 0 Å².